The van der Waals surface area contributed by atoms with Gasteiger partial charge in [0.25, 0.3) is 0 Å². The Hall–Kier alpha value is -1.88. The van der Waals surface area contributed by atoms with Crippen molar-refractivity contribution in [3.05, 3.63) is 35.9 Å². The number of hydrogen-bond donors (Lipinski definition) is 1. The summed E-state index contributed by atoms with van der Waals surface area (Å²) in [7, 11) is 0. The van der Waals surface area contributed by atoms with Crippen molar-refractivity contribution in [3.8, 4) is 0 Å². The third kappa shape index (κ3) is 4.04. The molecule has 0 heterocycles. The Morgan fingerprint density at radius 3 is 2.38 bits per heavy atom. The minimum absolute atomic E-state index is 0.182. The van der Waals surface area contributed by atoms with Crippen LogP contribution in [0.3, 0.4) is 0 Å². The van der Waals surface area contributed by atoms with Crippen LogP contribution >= 0.6 is 0 Å². The first kappa shape index (κ1) is 15.5. The largest absolute Gasteiger partial charge is 0.458 e. The maximum absolute atomic E-state index is 12.4. The van der Waals surface area contributed by atoms with Gasteiger partial charge in [0, 0.05) is 0 Å². The summed E-state index contributed by atoms with van der Waals surface area (Å²) in [6.45, 7) is -0.0463. The average molecular weight is 291 g/mol. The van der Waals surface area contributed by atoms with Crippen LogP contribution in [0.2, 0.25) is 0 Å². The molecule has 0 saturated heterocycles. The molecule has 21 heavy (non-hydrogen) atoms. The van der Waals surface area contributed by atoms with E-state index in [4.69, 9.17) is 15.2 Å². The lowest BCUT2D eigenvalue weighted by Gasteiger charge is -2.34. The molecule has 0 unspecified atom stereocenters. The molecule has 0 aliphatic heterocycles. The van der Waals surface area contributed by atoms with E-state index in [1.54, 1.807) is 0 Å². The molecule has 1 aliphatic carbocycles. The SMILES string of the molecule is NCC(=O)OC1(C(=O)OCc2ccccc2)CCCCC1. The number of ether oxygens (including phenoxy) is 2. The van der Waals surface area contributed by atoms with Gasteiger partial charge in [0.15, 0.2) is 0 Å². The van der Waals surface area contributed by atoms with Gasteiger partial charge in [-0.3, -0.25) is 4.79 Å². The van der Waals surface area contributed by atoms with E-state index in [0.29, 0.717) is 12.8 Å². The maximum atomic E-state index is 12.4. The van der Waals surface area contributed by atoms with Gasteiger partial charge in [-0.25, -0.2) is 4.79 Å². The Morgan fingerprint density at radius 1 is 1.10 bits per heavy atom. The number of nitrogens with two attached hydrogens (primary N) is 1. The fraction of sp³-hybridized carbons (Fsp3) is 0.500. The Balaban J connectivity index is 2.02. The molecule has 0 amide bonds. The lowest BCUT2D eigenvalue weighted by molar-refractivity contribution is -0.187. The molecule has 1 aliphatic rings. The van der Waals surface area contributed by atoms with Gasteiger partial charge in [-0.2, -0.15) is 0 Å². The molecule has 1 fully saturated rings. The molecule has 0 bridgehead atoms. The van der Waals surface area contributed by atoms with E-state index in [1.807, 2.05) is 30.3 Å². The first-order valence-corrected chi connectivity index (χ1v) is 7.29. The monoisotopic (exact) mass is 291 g/mol. The van der Waals surface area contributed by atoms with Gasteiger partial charge in [-0.1, -0.05) is 36.8 Å². The smallest absolute Gasteiger partial charge is 0.350 e. The van der Waals surface area contributed by atoms with Crippen molar-refractivity contribution in [2.45, 2.75) is 44.3 Å². The van der Waals surface area contributed by atoms with E-state index < -0.39 is 17.5 Å². The number of rotatable bonds is 5. The third-order valence-electron chi connectivity index (χ3n) is 3.72. The lowest BCUT2D eigenvalue weighted by atomic mass is 9.84. The summed E-state index contributed by atoms with van der Waals surface area (Å²) >= 11 is 0. The minimum atomic E-state index is -1.15. The maximum Gasteiger partial charge on any atom is 0.350 e. The molecule has 114 valence electrons. The zero-order chi connectivity index (χ0) is 15.1. The summed E-state index contributed by atoms with van der Waals surface area (Å²) in [5.74, 6) is -1.03. The van der Waals surface area contributed by atoms with Crippen LogP contribution in [-0.2, 0) is 25.7 Å². The Kier molecular flexibility index (Phi) is 5.33. The van der Waals surface area contributed by atoms with Gasteiger partial charge in [0.2, 0.25) is 5.60 Å². The van der Waals surface area contributed by atoms with Crippen LogP contribution in [0.5, 0.6) is 0 Å². The first-order valence-electron chi connectivity index (χ1n) is 7.29. The topological polar surface area (TPSA) is 78.6 Å². The van der Waals surface area contributed by atoms with Crippen LogP contribution in [0.4, 0.5) is 0 Å². The van der Waals surface area contributed by atoms with Crippen molar-refractivity contribution in [1.29, 1.82) is 0 Å². The second-order valence-corrected chi connectivity index (χ2v) is 5.29. The number of esters is 2. The zero-order valence-corrected chi connectivity index (χ0v) is 12.0. The van der Waals surface area contributed by atoms with E-state index in [2.05, 4.69) is 0 Å². The Morgan fingerprint density at radius 2 is 1.76 bits per heavy atom. The van der Waals surface area contributed by atoms with Crippen molar-refractivity contribution in [2.24, 2.45) is 5.73 Å². The highest BCUT2D eigenvalue weighted by Crippen LogP contribution is 2.33. The summed E-state index contributed by atoms with van der Waals surface area (Å²) in [5, 5.41) is 0. The van der Waals surface area contributed by atoms with E-state index in [0.717, 1.165) is 24.8 Å². The molecule has 5 heteroatoms. The normalized spacial score (nSPS) is 17.0. The quantitative estimate of drug-likeness (QED) is 0.839. The van der Waals surface area contributed by atoms with Gasteiger partial charge >= 0.3 is 11.9 Å². The molecule has 0 spiro atoms. The summed E-state index contributed by atoms with van der Waals surface area (Å²) in [4.78, 5) is 23.9. The molecule has 5 nitrogen and oxygen atoms in total. The van der Waals surface area contributed by atoms with Crippen LogP contribution in [0.25, 0.3) is 0 Å². The number of benzene rings is 1. The molecule has 0 aromatic heterocycles. The standard InChI is InChI=1S/C16H21NO4/c17-11-14(18)21-16(9-5-2-6-10-16)15(19)20-12-13-7-3-1-4-8-13/h1,3-4,7-8H,2,5-6,9-12,17H2. The molecule has 2 rings (SSSR count). The Bertz CT molecular complexity index is 480. The fourth-order valence-corrected chi connectivity index (χ4v) is 2.58. The van der Waals surface area contributed by atoms with Crippen LogP contribution in [0.15, 0.2) is 30.3 Å². The van der Waals surface area contributed by atoms with Crippen LogP contribution in [0, 0.1) is 0 Å². The van der Waals surface area contributed by atoms with Crippen LogP contribution in [-0.4, -0.2) is 24.1 Å². The molecular weight excluding hydrogens is 270 g/mol. The number of carbonyl (C=O) groups is 2. The minimum Gasteiger partial charge on any atom is -0.458 e. The third-order valence-corrected chi connectivity index (χ3v) is 3.72. The predicted octanol–water partition coefficient (Wildman–Crippen LogP) is 1.93. The van der Waals surface area contributed by atoms with Crippen molar-refractivity contribution < 1.29 is 19.1 Å². The van der Waals surface area contributed by atoms with Crippen molar-refractivity contribution >= 4 is 11.9 Å². The summed E-state index contributed by atoms with van der Waals surface area (Å²) in [6, 6.07) is 9.43. The van der Waals surface area contributed by atoms with E-state index in [1.165, 1.54) is 0 Å². The molecule has 1 saturated carbocycles. The number of carbonyl (C=O) groups excluding carboxylic acids is 2. The molecule has 2 N–H and O–H groups in total. The van der Waals surface area contributed by atoms with E-state index in [-0.39, 0.29) is 13.2 Å². The van der Waals surface area contributed by atoms with E-state index in [9.17, 15) is 9.59 Å². The van der Waals surface area contributed by atoms with Gasteiger partial charge in [0.1, 0.15) is 6.61 Å². The predicted molar refractivity (Wildman–Crippen MR) is 77.2 cm³/mol. The zero-order valence-electron chi connectivity index (χ0n) is 12.0. The average Bonchev–Trinajstić information content (AvgIpc) is 2.54. The highest BCUT2D eigenvalue weighted by Gasteiger charge is 2.44. The van der Waals surface area contributed by atoms with Gasteiger partial charge in [-0.05, 0) is 31.2 Å². The lowest BCUT2D eigenvalue weighted by Crippen LogP contribution is -2.47. The fourth-order valence-electron chi connectivity index (χ4n) is 2.58. The summed E-state index contributed by atoms with van der Waals surface area (Å²) < 4.78 is 10.7. The molecule has 1 aromatic carbocycles. The van der Waals surface area contributed by atoms with Gasteiger partial charge in [-0.15, -0.1) is 0 Å². The molecular formula is C16H21NO4. The summed E-state index contributed by atoms with van der Waals surface area (Å²) in [5.41, 5.74) is 5.04. The second-order valence-electron chi connectivity index (χ2n) is 5.29. The van der Waals surface area contributed by atoms with Crippen LogP contribution < -0.4 is 5.73 Å². The van der Waals surface area contributed by atoms with Crippen LogP contribution in [0.1, 0.15) is 37.7 Å². The van der Waals surface area contributed by atoms with Crippen molar-refractivity contribution in [3.63, 3.8) is 0 Å². The van der Waals surface area contributed by atoms with Gasteiger partial charge in [0.05, 0.1) is 6.54 Å². The molecule has 0 radical (unpaired) electrons. The van der Waals surface area contributed by atoms with E-state index >= 15 is 0 Å². The highest BCUT2D eigenvalue weighted by atomic mass is 16.6. The second kappa shape index (κ2) is 7.22. The molecule has 0 atom stereocenters. The first-order chi connectivity index (χ1) is 10.2. The Labute approximate surface area is 124 Å². The van der Waals surface area contributed by atoms with Gasteiger partial charge < -0.3 is 15.2 Å². The summed E-state index contributed by atoms with van der Waals surface area (Å²) in [6.07, 6.45) is 3.74. The number of hydrogen-bond acceptors (Lipinski definition) is 5. The highest BCUT2D eigenvalue weighted by molar-refractivity contribution is 5.84. The van der Waals surface area contributed by atoms with Crippen molar-refractivity contribution in [1.82, 2.24) is 0 Å². The molecule has 1 aromatic rings. The van der Waals surface area contributed by atoms with Crippen molar-refractivity contribution in [2.75, 3.05) is 6.54 Å².